The molecular formula is C11H11N3O3S. The average Bonchev–Trinajstić information content (AvgIpc) is 2.68. The van der Waals surface area contributed by atoms with Crippen LogP contribution in [0.4, 0.5) is 5.69 Å². The van der Waals surface area contributed by atoms with Gasteiger partial charge in [-0.1, -0.05) is 0 Å². The Hall–Kier alpha value is -1.91. The first kappa shape index (κ1) is 12.5. The van der Waals surface area contributed by atoms with Crippen molar-refractivity contribution in [1.82, 2.24) is 4.31 Å². The summed E-state index contributed by atoms with van der Waals surface area (Å²) in [7, 11) is -2.33. The molecule has 2 rings (SSSR count). The third-order valence-corrected chi connectivity index (χ3v) is 4.50. The molecule has 1 aromatic carbocycles. The number of benzene rings is 1. The van der Waals surface area contributed by atoms with Gasteiger partial charge in [0.05, 0.1) is 17.4 Å². The van der Waals surface area contributed by atoms with Crippen LogP contribution in [0.1, 0.15) is 5.56 Å². The van der Waals surface area contributed by atoms with E-state index in [0.29, 0.717) is 11.3 Å². The van der Waals surface area contributed by atoms with Crippen molar-refractivity contribution in [2.24, 2.45) is 0 Å². The standard InChI is InChI=1S/C11H11N3O3S/c1-14(5-4-12)18(16,17)9-2-3-10-8(6-9)7-11(15)13-10/h2-3,6H,5,7H2,1H3,(H,13,15). The maximum Gasteiger partial charge on any atom is 0.243 e. The second kappa shape index (κ2) is 4.40. The molecule has 1 aliphatic heterocycles. The minimum atomic E-state index is -3.67. The highest BCUT2D eigenvalue weighted by Gasteiger charge is 2.24. The second-order valence-electron chi connectivity index (χ2n) is 3.96. The van der Waals surface area contributed by atoms with E-state index >= 15 is 0 Å². The van der Waals surface area contributed by atoms with Crippen molar-refractivity contribution < 1.29 is 13.2 Å². The third kappa shape index (κ3) is 2.08. The number of amides is 1. The summed E-state index contributed by atoms with van der Waals surface area (Å²) >= 11 is 0. The van der Waals surface area contributed by atoms with Crippen molar-refractivity contribution >= 4 is 21.6 Å². The van der Waals surface area contributed by atoms with Crippen molar-refractivity contribution in [2.45, 2.75) is 11.3 Å². The number of anilines is 1. The van der Waals surface area contributed by atoms with Gasteiger partial charge in [-0.25, -0.2) is 8.42 Å². The fourth-order valence-corrected chi connectivity index (χ4v) is 2.85. The first-order valence-corrected chi connectivity index (χ1v) is 6.65. The SMILES string of the molecule is CN(CC#N)S(=O)(=O)c1ccc2c(c1)CC(=O)N2. The summed E-state index contributed by atoms with van der Waals surface area (Å²) in [5.74, 6) is -0.148. The van der Waals surface area contributed by atoms with Crippen molar-refractivity contribution in [2.75, 3.05) is 18.9 Å². The van der Waals surface area contributed by atoms with Crippen LogP contribution in [0, 0.1) is 11.3 Å². The molecule has 0 spiro atoms. The summed E-state index contributed by atoms with van der Waals surface area (Å²) in [5, 5.41) is 11.2. The first-order valence-electron chi connectivity index (χ1n) is 5.21. The predicted molar refractivity (Wildman–Crippen MR) is 64.2 cm³/mol. The fourth-order valence-electron chi connectivity index (χ4n) is 1.73. The first-order chi connectivity index (χ1) is 8.45. The van der Waals surface area contributed by atoms with E-state index in [9.17, 15) is 13.2 Å². The summed E-state index contributed by atoms with van der Waals surface area (Å²) in [6.45, 7) is -0.212. The van der Waals surface area contributed by atoms with Crippen LogP contribution in [0.5, 0.6) is 0 Å². The van der Waals surface area contributed by atoms with E-state index < -0.39 is 10.0 Å². The Morgan fingerprint density at radius 2 is 2.22 bits per heavy atom. The van der Waals surface area contributed by atoms with E-state index in [1.54, 1.807) is 12.1 Å². The van der Waals surface area contributed by atoms with Crippen LogP contribution in [-0.4, -0.2) is 32.2 Å². The van der Waals surface area contributed by atoms with Crippen molar-refractivity contribution in [3.63, 3.8) is 0 Å². The predicted octanol–water partition coefficient (Wildman–Crippen LogP) is 0.325. The number of carbonyl (C=O) groups is 1. The summed E-state index contributed by atoms with van der Waals surface area (Å²) < 4.78 is 25.1. The zero-order valence-corrected chi connectivity index (χ0v) is 10.5. The average molecular weight is 265 g/mol. The third-order valence-electron chi connectivity index (χ3n) is 2.70. The lowest BCUT2D eigenvalue weighted by atomic mass is 10.2. The maximum atomic E-state index is 12.1. The summed E-state index contributed by atoms with van der Waals surface area (Å²) in [6, 6.07) is 6.24. The number of hydrogen-bond donors (Lipinski definition) is 1. The highest BCUT2D eigenvalue weighted by atomic mass is 32.2. The van der Waals surface area contributed by atoms with E-state index in [1.165, 1.54) is 19.2 Å². The molecule has 0 aliphatic carbocycles. The molecule has 0 fully saturated rings. The van der Waals surface area contributed by atoms with Crippen molar-refractivity contribution in [3.05, 3.63) is 23.8 Å². The minimum absolute atomic E-state index is 0.0931. The van der Waals surface area contributed by atoms with E-state index in [0.717, 1.165) is 4.31 Å². The van der Waals surface area contributed by atoms with Crippen LogP contribution >= 0.6 is 0 Å². The number of nitrogens with zero attached hydrogens (tertiary/aromatic N) is 2. The smallest absolute Gasteiger partial charge is 0.243 e. The second-order valence-corrected chi connectivity index (χ2v) is 6.01. The number of nitriles is 1. The molecule has 1 aliphatic rings. The molecule has 1 N–H and O–H groups in total. The number of carbonyl (C=O) groups excluding carboxylic acids is 1. The highest BCUT2D eigenvalue weighted by molar-refractivity contribution is 7.89. The summed E-state index contributed by atoms with van der Waals surface area (Å²) in [5.41, 5.74) is 1.30. The lowest BCUT2D eigenvalue weighted by Crippen LogP contribution is -2.27. The van der Waals surface area contributed by atoms with Crippen LogP contribution in [0.25, 0.3) is 0 Å². The van der Waals surface area contributed by atoms with Crippen LogP contribution in [0.2, 0.25) is 0 Å². The van der Waals surface area contributed by atoms with Crippen molar-refractivity contribution in [1.29, 1.82) is 5.26 Å². The van der Waals surface area contributed by atoms with Gasteiger partial charge in [-0.15, -0.1) is 0 Å². The molecule has 1 aromatic rings. The Labute approximate surface area is 105 Å². The molecule has 0 radical (unpaired) electrons. The van der Waals surface area contributed by atoms with E-state index in [1.807, 2.05) is 0 Å². The fraction of sp³-hybridized carbons (Fsp3) is 0.273. The lowest BCUT2D eigenvalue weighted by molar-refractivity contribution is -0.115. The van der Waals surface area contributed by atoms with Crippen LogP contribution in [0.15, 0.2) is 23.1 Å². The summed E-state index contributed by atoms with van der Waals surface area (Å²) in [4.78, 5) is 11.3. The summed E-state index contributed by atoms with van der Waals surface area (Å²) in [6.07, 6.45) is 0.181. The molecule has 18 heavy (non-hydrogen) atoms. The molecule has 0 saturated heterocycles. The molecule has 0 aromatic heterocycles. The van der Waals surface area contributed by atoms with Gasteiger partial charge in [-0.2, -0.15) is 9.57 Å². The van der Waals surface area contributed by atoms with Gasteiger partial charge in [0.2, 0.25) is 15.9 Å². The van der Waals surface area contributed by atoms with Gasteiger partial charge in [0.25, 0.3) is 0 Å². The lowest BCUT2D eigenvalue weighted by Gasteiger charge is -2.14. The van der Waals surface area contributed by atoms with Crippen LogP contribution in [0.3, 0.4) is 0 Å². The Kier molecular flexibility index (Phi) is 3.07. The largest absolute Gasteiger partial charge is 0.326 e. The molecule has 0 unspecified atom stereocenters. The Morgan fingerprint density at radius 1 is 1.50 bits per heavy atom. The molecule has 0 atom stereocenters. The van der Waals surface area contributed by atoms with E-state index in [2.05, 4.69) is 5.32 Å². The molecule has 1 amide bonds. The van der Waals surface area contributed by atoms with Gasteiger partial charge in [-0.05, 0) is 23.8 Å². The Morgan fingerprint density at radius 3 is 2.89 bits per heavy atom. The number of rotatable bonds is 3. The van der Waals surface area contributed by atoms with Gasteiger partial charge < -0.3 is 5.32 Å². The van der Waals surface area contributed by atoms with Gasteiger partial charge in [0, 0.05) is 12.7 Å². The van der Waals surface area contributed by atoms with Gasteiger partial charge >= 0.3 is 0 Å². The number of hydrogen-bond acceptors (Lipinski definition) is 4. The normalized spacial score (nSPS) is 14.2. The minimum Gasteiger partial charge on any atom is -0.326 e. The Bertz CT molecular complexity index is 646. The Balaban J connectivity index is 2.39. The highest BCUT2D eigenvalue weighted by Crippen LogP contribution is 2.26. The van der Waals surface area contributed by atoms with Gasteiger partial charge in [-0.3, -0.25) is 4.79 Å². The van der Waals surface area contributed by atoms with Crippen LogP contribution < -0.4 is 5.32 Å². The molecule has 6 nitrogen and oxygen atoms in total. The molecular weight excluding hydrogens is 254 g/mol. The zero-order valence-electron chi connectivity index (χ0n) is 9.67. The quantitative estimate of drug-likeness (QED) is 0.797. The number of fused-ring (bicyclic) bond motifs is 1. The number of sulfonamides is 1. The maximum absolute atomic E-state index is 12.1. The monoisotopic (exact) mass is 265 g/mol. The number of nitrogens with one attached hydrogen (secondary N) is 1. The van der Waals surface area contributed by atoms with Crippen LogP contribution in [-0.2, 0) is 21.2 Å². The molecule has 0 bridgehead atoms. The topological polar surface area (TPSA) is 90.3 Å². The van der Waals surface area contributed by atoms with E-state index in [4.69, 9.17) is 5.26 Å². The molecule has 0 saturated carbocycles. The van der Waals surface area contributed by atoms with E-state index in [-0.39, 0.29) is 23.8 Å². The van der Waals surface area contributed by atoms with Gasteiger partial charge in [0.1, 0.15) is 6.54 Å². The molecule has 7 heteroatoms. The van der Waals surface area contributed by atoms with Crippen molar-refractivity contribution in [3.8, 4) is 6.07 Å². The zero-order chi connectivity index (χ0) is 13.3. The van der Waals surface area contributed by atoms with Gasteiger partial charge in [0.15, 0.2) is 0 Å². The molecule has 1 heterocycles. The molecule has 94 valence electrons.